The van der Waals surface area contributed by atoms with Crippen LogP contribution < -0.4 is 0 Å². The highest BCUT2D eigenvalue weighted by Gasteiger charge is 2.20. The van der Waals surface area contributed by atoms with Gasteiger partial charge in [0.05, 0.1) is 5.69 Å². The molecule has 0 aliphatic heterocycles. The Hall–Kier alpha value is -0.0700. The van der Waals surface area contributed by atoms with E-state index in [0.29, 0.717) is 10.4 Å². The molecule has 1 aromatic heterocycles. The summed E-state index contributed by atoms with van der Waals surface area (Å²) in [7, 11) is 3.09. The first-order valence-electron chi connectivity index (χ1n) is 2.97. The van der Waals surface area contributed by atoms with E-state index in [0.717, 1.165) is 0 Å². The van der Waals surface area contributed by atoms with Gasteiger partial charge in [0, 0.05) is 17.7 Å². The van der Waals surface area contributed by atoms with Crippen molar-refractivity contribution in [1.29, 1.82) is 0 Å². The van der Waals surface area contributed by atoms with Gasteiger partial charge in [0.1, 0.15) is 0 Å². The Morgan fingerprint density at radius 2 is 2.08 bits per heavy atom. The number of imidazole rings is 1. The highest BCUT2D eigenvalue weighted by Crippen LogP contribution is 2.21. The maximum Gasteiger partial charge on any atom is 0.280 e. The van der Waals surface area contributed by atoms with Gasteiger partial charge in [0.2, 0.25) is 0 Å². The molecule has 0 aromatic carbocycles. The van der Waals surface area contributed by atoms with Crippen molar-refractivity contribution >= 4 is 35.7 Å². The van der Waals surface area contributed by atoms with Crippen molar-refractivity contribution in [3.05, 3.63) is 10.4 Å². The third-order valence-electron chi connectivity index (χ3n) is 1.51. The summed E-state index contributed by atoms with van der Waals surface area (Å²) >= 11 is 3.09. The van der Waals surface area contributed by atoms with Gasteiger partial charge in [-0.3, -0.25) is 0 Å². The molecular weight excluding hydrogens is 267 g/mol. The number of halogens is 2. The van der Waals surface area contributed by atoms with E-state index < -0.39 is 9.05 Å². The van der Waals surface area contributed by atoms with E-state index in [1.807, 2.05) is 0 Å². The fraction of sp³-hybridized carbons (Fsp3) is 0.400. The van der Waals surface area contributed by atoms with Gasteiger partial charge in [0.15, 0.2) is 9.76 Å². The second-order valence-corrected chi connectivity index (χ2v) is 5.46. The molecule has 4 nitrogen and oxygen atoms in total. The second kappa shape index (κ2) is 3.01. The Kier molecular flexibility index (Phi) is 2.51. The van der Waals surface area contributed by atoms with Gasteiger partial charge in [-0.05, 0) is 22.9 Å². The lowest BCUT2D eigenvalue weighted by Crippen LogP contribution is -1.96. The van der Waals surface area contributed by atoms with Crippen LogP contribution in [-0.4, -0.2) is 18.0 Å². The van der Waals surface area contributed by atoms with Crippen LogP contribution in [0.25, 0.3) is 0 Å². The van der Waals surface area contributed by atoms with E-state index in [1.165, 1.54) is 0 Å². The first-order valence-corrected chi connectivity index (χ1v) is 6.07. The average molecular weight is 274 g/mol. The molecule has 1 aromatic rings. The van der Waals surface area contributed by atoms with Crippen LogP contribution in [0.3, 0.4) is 0 Å². The molecule has 68 valence electrons. The molecule has 0 spiro atoms. The van der Waals surface area contributed by atoms with Crippen LogP contribution >= 0.6 is 26.6 Å². The molecule has 0 saturated heterocycles. The summed E-state index contributed by atoms with van der Waals surface area (Å²) in [6.07, 6.45) is 0. The van der Waals surface area contributed by atoms with Crippen LogP contribution in [0.15, 0.2) is 9.76 Å². The maximum atomic E-state index is 10.9. The predicted octanol–water partition coefficient (Wildman–Crippen LogP) is 1.42. The van der Waals surface area contributed by atoms with Gasteiger partial charge in [-0.1, -0.05) is 0 Å². The molecule has 0 amide bonds. The summed E-state index contributed by atoms with van der Waals surface area (Å²) < 4.78 is 23.8. The Balaban J connectivity index is 3.48. The molecule has 0 atom stereocenters. The van der Waals surface area contributed by atoms with E-state index in [2.05, 4.69) is 20.9 Å². The lowest BCUT2D eigenvalue weighted by molar-refractivity contribution is 0.605. The summed E-state index contributed by atoms with van der Waals surface area (Å²) in [5.74, 6) is 0. The van der Waals surface area contributed by atoms with Crippen molar-refractivity contribution in [3.63, 3.8) is 0 Å². The van der Waals surface area contributed by atoms with E-state index >= 15 is 0 Å². The summed E-state index contributed by atoms with van der Waals surface area (Å²) in [6, 6.07) is 0. The van der Waals surface area contributed by atoms with E-state index in [-0.39, 0.29) is 5.03 Å². The third kappa shape index (κ3) is 1.65. The van der Waals surface area contributed by atoms with Crippen molar-refractivity contribution in [3.8, 4) is 0 Å². The molecule has 7 heteroatoms. The number of hydrogen-bond acceptors (Lipinski definition) is 3. The Morgan fingerprint density at radius 3 is 2.25 bits per heavy atom. The largest absolute Gasteiger partial charge is 0.325 e. The number of hydrogen-bond donors (Lipinski definition) is 0. The quantitative estimate of drug-likeness (QED) is 0.727. The second-order valence-electron chi connectivity index (χ2n) is 2.27. The molecule has 0 fully saturated rings. The van der Waals surface area contributed by atoms with Gasteiger partial charge < -0.3 is 4.57 Å². The molecule has 1 rings (SSSR count). The summed E-state index contributed by atoms with van der Waals surface area (Å²) in [4.78, 5) is 3.74. The molecule has 0 radical (unpaired) electrons. The van der Waals surface area contributed by atoms with Crippen molar-refractivity contribution in [2.24, 2.45) is 7.05 Å². The van der Waals surface area contributed by atoms with Gasteiger partial charge in [-0.2, -0.15) is 0 Å². The Morgan fingerprint density at radius 1 is 1.58 bits per heavy atom. The zero-order chi connectivity index (χ0) is 9.52. The van der Waals surface area contributed by atoms with Gasteiger partial charge in [-0.15, -0.1) is 0 Å². The molecule has 0 bridgehead atoms. The molecular formula is C5H6BrClN2O2S. The first-order chi connectivity index (χ1) is 5.34. The highest BCUT2D eigenvalue weighted by molar-refractivity contribution is 9.10. The maximum absolute atomic E-state index is 10.9. The smallest absolute Gasteiger partial charge is 0.280 e. The zero-order valence-corrected chi connectivity index (χ0v) is 9.53. The number of aromatic nitrogens is 2. The van der Waals surface area contributed by atoms with Crippen molar-refractivity contribution in [2.45, 2.75) is 11.9 Å². The van der Waals surface area contributed by atoms with Gasteiger partial charge in [0.25, 0.3) is 9.05 Å². The monoisotopic (exact) mass is 272 g/mol. The standard InChI is InChI=1S/C5H6BrClN2O2S/c1-3-4(12(7,10)11)8-5(6)9(3)2/h1-2H3. The third-order valence-corrected chi connectivity index (χ3v) is 3.51. The summed E-state index contributed by atoms with van der Waals surface area (Å²) in [5, 5.41) is -0.0986. The van der Waals surface area contributed by atoms with Crippen LogP contribution in [0.5, 0.6) is 0 Å². The zero-order valence-electron chi connectivity index (χ0n) is 6.38. The number of rotatable bonds is 1. The summed E-state index contributed by atoms with van der Waals surface area (Å²) in [6.45, 7) is 1.63. The molecule has 0 N–H and O–H groups in total. The average Bonchev–Trinajstić information content (AvgIpc) is 2.15. The van der Waals surface area contributed by atoms with E-state index in [9.17, 15) is 8.42 Å². The molecule has 12 heavy (non-hydrogen) atoms. The number of nitrogens with zero attached hydrogens (tertiary/aromatic N) is 2. The normalized spacial score (nSPS) is 12.0. The molecule has 1 heterocycles. The summed E-state index contributed by atoms with van der Waals surface area (Å²) in [5.41, 5.74) is 0.511. The Labute approximate surface area is 83.1 Å². The minimum absolute atomic E-state index is 0.0986. The first kappa shape index (κ1) is 10.0. The topological polar surface area (TPSA) is 52.0 Å². The van der Waals surface area contributed by atoms with Gasteiger partial charge >= 0.3 is 0 Å². The lowest BCUT2D eigenvalue weighted by Gasteiger charge is -1.95. The van der Waals surface area contributed by atoms with Crippen LogP contribution in [0.2, 0.25) is 0 Å². The minimum atomic E-state index is -3.72. The Bertz CT molecular complexity index is 411. The fourth-order valence-electron chi connectivity index (χ4n) is 0.752. The van der Waals surface area contributed by atoms with Crippen molar-refractivity contribution < 1.29 is 8.42 Å². The molecule has 0 unspecified atom stereocenters. The van der Waals surface area contributed by atoms with Crippen LogP contribution in [-0.2, 0) is 16.1 Å². The fourth-order valence-corrected chi connectivity index (χ4v) is 2.44. The minimum Gasteiger partial charge on any atom is -0.325 e. The van der Waals surface area contributed by atoms with Crippen molar-refractivity contribution in [1.82, 2.24) is 9.55 Å². The SMILES string of the molecule is Cc1c(S(=O)(=O)Cl)nc(Br)n1C. The van der Waals surface area contributed by atoms with Crippen LogP contribution in [0.4, 0.5) is 0 Å². The van der Waals surface area contributed by atoms with Crippen LogP contribution in [0.1, 0.15) is 5.69 Å². The van der Waals surface area contributed by atoms with Crippen LogP contribution in [0, 0.1) is 6.92 Å². The van der Waals surface area contributed by atoms with Crippen molar-refractivity contribution in [2.75, 3.05) is 0 Å². The van der Waals surface area contributed by atoms with E-state index in [1.54, 1.807) is 18.5 Å². The molecule has 0 aliphatic carbocycles. The van der Waals surface area contributed by atoms with E-state index in [4.69, 9.17) is 10.7 Å². The lowest BCUT2D eigenvalue weighted by atomic mass is 10.5. The highest BCUT2D eigenvalue weighted by atomic mass is 79.9. The predicted molar refractivity (Wildman–Crippen MR) is 48.7 cm³/mol. The molecule has 0 aliphatic rings. The van der Waals surface area contributed by atoms with Gasteiger partial charge in [-0.25, -0.2) is 13.4 Å². The molecule has 0 saturated carbocycles.